The molecule has 0 bridgehead atoms. The van der Waals surface area contributed by atoms with Gasteiger partial charge in [-0.25, -0.2) is 0 Å². The van der Waals surface area contributed by atoms with Gasteiger partial charge < -0.3 is 25.3 Å². The minimum Gasteiger partial charge on any atom is -0.504 e. The van der Waals surface area contributed by atoms with Gasteiger partial charge in [0.2, 0.25) is 0 Å². The van der Waals surface area contributed by atoms with Crippen LogP contribution in [0.25, 0.3) is 0 Å². The fraction of sp³-hybridized carbons (Fsp3) is 0.217. The Morgan fingerprint density at radius 1 is 0.886 bits per heavy atom. The lowest BCUT2D eigenvalue weighted by Crippen LogP contribution is -2.49. The molecule has 3 aromatic rings. The Morgan fingerprint density at radius 2 is 1.60 bits per heavy atom. The summed E-state index contributed by atoms with van der Waals surface area (Å²) in [5.74, 6) is -1.52. The van der Waals surface area contributed by atoms with Gasteiger partial charge in [-0.15, -0.1) is 10.2 Å². The first-order chi connectivity index (χ1) is 16.6. The number of nitrogens with zero attached hydrogens (tertiary/aromatic N) is 4. The number of halogens is 3. The van der Waals surface area contributed by atoms with E-state index < -0.39 is 23.6 Å². The Morgan fingerprint density at radius 3 is 2.23 bits per heavy atom. The predicted octanol–water partition coefficient (Wildman–Crippen LogP) is 3.12. The van der Waals surface area contributed by atoms with Gasteiger partial charge in [0.05, 0.1) is 11.1 Å². The monoisotopic (exact) mass is 487 g/mol. The molecule has 2 heterocycles. The fourth-order valence-electron chi connectivity index (χ4n) is 3.64. The summed E-state index contributed by atoms with van der Waals surface area (Å²) >= 11 is 0. The van der Waals surface area contributed by atoms with Gasteiger partial charge in [0, 0.05) is 37.9 Å². The van der Waals surface area contributed by atoms with Crippen LogP contribution in [-0.2, 0) is 6.18 Å². The van der Waals surface area contributed by atoms with Crippen molar-refractivity contribution in [1.82, 2.24) is 15.1 Å². The number of piperazine rings is 1. The summed E-state index contributed by atoms with van der Waals surface area (Å²) in [4.78, 5) is 28.3. The third kappa shape index (κ3) is 5.26. The normalized spacial score (nSPS) is 14.0. The van der Waals surface area contributed by atoms with Crippen LogP contribution in [0.15, 0.2) is 54.6 Å². The summed E-state index contributed by atoms with van der Waals surface area (Å²) in [6.45, 7) is 1.04. The molecule has 0 spiro atoms. The Bertz CT molecular complexity index is 1240. The van der Waals surface area contributed by atoms with Crippen molar-refractivity contribution in [3.8, 4) is 11.5 Å². The smallest absolute Gasteiger partial charge is 0.417 e. The molecule has 1 saturated heterocycles. The van der Waals surface area contributed by atoms with Crippen molar-refractivity contribution >= 4 is 23.3 Å². The van der Waals surface area contributed by atoms with Gasteiger partial charge >= 0.3 is 6.18 Å². The Kier molecular flexibility index (Phi) is 6.45. The molecule has 9 nitrogen and oxygen atoms in total. The number of aromatic nitrogens is 2. The summed E-state index contributed by atoms with van der Waals surface area (Å²) in [5, 5.41) is 29.3. The topological polar surface area (TPSA) is 119 Å². The van der Waals surface area contributed by atoms with Gasteiger partial charge in [-0.05, 0) is 36.4 Å². The van der Waals surface area contributed by atoms with Crippen molar-refractivity contribution in [1.29, 1.82) is 0 Å². The van der Waals surface area contributed by atoms with E-state index in [0.29, 0.717) is 18.9 Å². The molecule has 1 aliphatic heterocycles. The van der Waals surface area contributed by atoms with Crippen molar-refractivity contribution in [2.24, 2.45) is 0 Å². The largest absolute Gasteiger partial charge is 0.504 e. The summed E-state index contributed by atoms with van der Waals surface area (Å²) in [6.07, 6.45) is -4.62. The van der Waals surface area contributed by atoms with Gasteiger partial charge in [0.1, 0.15) is 0 Å². The van der Waals surface area contributed by atoms with E-state index in [2.05, 4.69) is 15.5 Å². The molecule has 0 radical (unpaired) electrons. The van der Waals surface area contributed by atoms with Crippen LogP contribution in [0.2, 0.25) is 0 Å². The van der Waals surface area contributed by atoms with Crippen LogP contribution in [0.1, 0.15) is 26.4 Å². The van der Waals surface area contributed by atoms with E-state index in [-0.39, 0.29) is 41.5 Å². The third-order valence-corrected chi connectivity index (χ3v) is 5.47. The van der Waals surface area contributed by atoms with E-state index in [1.807, 2.05) is 4.90 Å². The summed E-state index contributed by atoms with van der Waals surface area (Å²) in [6, 6.07) is 11.6. The van der Waals surface area contributed by atoms with Crippen LogP contribution in [0.3, 0.4) is 0 Å². The molecule has 0 aliphatic carbocycles. The highest BCUT2D eigenvalue weighted by molar-refractivity contribution is 6.03. The van der Waals surface area contributed by atoms with E-state index in [4.69, 9.17) is 0 Å². The molecule has 12 heteroatoms. The number of carbonyl (C=O) groups excluding carboxylic acids is 2. The lowest BCUT2D eigenvalue weighted by Gasteiger charge is -2.35. The maximum Gasteiger partial charge on any atom is 0.417 e. The van der Waals surface area contributed by atoms with Crippen molar-refractivity contribution in [2.75, 3.05) is 36.4 Å². The predicted molar refractivity (Wildman–Crippen MR) is 119 cm³/mol. The van der Waals surface area contributed by atoms with Crippen molar-refractivity contribution < 1.29 is 33.0 Å². The molecule has 0 atom stereocenters. The highest BCUT2D eigenvalue weighted by Crippen LogP contribution is 2.32. The van der Waals surface area contributed by atoms with Crippen LogP contribution >= 0.6 is 0 Å². The average Bonchev–Trinajstić information content (AvgIpc) is 2.85. The second-order valence-electron chi connectivity index (χ2n) is 7.76. The zero-order chi connectivity index (χ0) is 25.2. The lowest BCUT2D eigenvalue weighted by molar-refractivity contribution is -0.138. The quantitative estimate of drug-likeness (QED) is 0.382. The molecule has 2 aromatic carbocycles. The van der Waals surface area contributed by atoms with Crippen LogP contribution < -0.4 is 10.2 Å². The zero-order valence-corrected chi connectivity index (χ0v) is 18.2. The molecule has 4 rings (SSSR count). The molecule has 35 heavy (non-hydrogen) atoms. The van der Waals surface area contributed by atoms with Crippen LogP contribution in [0.5, 0.6) is 11.5 Å². The van der Waals surface area contributed by atoms with Crippen LogP contribution in [0.4, 0.5) is 24.7 Å². The SMILES string of the molecule is O=C(Nc1ccc(O)c(O)c1)c1ccc(N2CCN(C(=O)c3ccccc3C(F)(F)F)CC2)nn1. The molecule has 1 aromatic heterocycles. The Balaban J connectivity index is 1.37. The molecule has 182 valence electrons. The number of phenols is 2. The van der Waals surface area contributed by atoms with Gasteiger partial charge in [0.25, 0.3) is 11.8 Å². The van der Waals surface area contributed by atoms with Gasteiger partial charge in [-0.2, -0.15) is 13.2 Å². The number of hydrogen-bond acceptors (Lipinski definition) is 7. The number of aromatic hydroxyl groups is 2. The molecule has 2 amide bonds. The minimum atomic E-state index is -4.62. The van der Waals surface area contributed by atoms with Crippen molar-refractivity contribution in [3.63, 3.8) is 0 Å². The lowest BCUT2D eigenvalue weighted by atomic mass is 10.1. The number of phenolic OH excluding ortho intramolecular Hbond substituents is 2. The molecular formula is C23H20F3N5O4. The standard InChI is InChI=1S/C23H20F3N5O4/c24-23(25,26)16-4-2-1-3-15(16)22(35)31-11-9-30(10-12-31)20-8-6-17(28-29-20)21(34)27-14-5-7-18(32)19(33)13-14/h1-8,13,32-33H,9-12H2,(H,27,34). The minimum absolute atomic E-state index is 0.0129. The number of hydrogen-bond donors (Lipinski definition) is 3. The maximum absolute atomic E-state index is 13.3. The van der Waals surface area contributed by atoms with Gasteiger partial charge in [-0.3, -0.25) is 9.59 Å². The molecule has 0 saturated carbocycles. The zero-order valence-electron chi connectivity index (χ0n) is 18.2. The number of anilines is 2. The summed E-state index contributed by atoms with van der Waals surface area (Å²) in [5.41, 5.74) is -1.08. The first kappa shape index (κ1) is 23.8. The number of benzene rings is 2. The number of alkyl halides is 3. The first-order valence-corrected chi connectivity index (χ1v) is 10.5. The molecular weight excluding hydrogens is 467 g/mol. The van der Waals surface area contributed by atoms with E-state index in [1.54, 1.807) is 6.07 Å². The Labute approximate surface area is 197 Å². The molecule has 1 aliphatic rings. The molecule has 1 fully saturated rings. The van der Waals surface area contributed by atoms with Crippen molar-refractivity contribution in [2.45, 2.75) is 6.18 Å². The van der Waals surface area contributed by atoms with Crippen molar-refractivity contribution in [3.05, 3.63) is 71.4 Å². The maximum atomic E-state index is 13.3. The highest BCUT2D eigenvalue weighted by Gasteiger charge is 2.36. The number of carbonyl (C=O) groups is 2. The van der Waals surface area contributed by atoms with E-state index in [9.17, 15) is 33.0 Å². The number of rotatable bonds is 4. The summed E-state index contributed by atoms with van der Waals surface area (Å²) < 4.78 is 39.8. The highest BCUT2D eigenvalue weighted by atomic mass is 19.4. The summed E-state index contributed by atoms with van der Waals surface area (Å²) in [7, 11) is 0. The van der Waals surface area contributed by atoms with Gasteiger partial charge in [0.15, 0.2) is 23.0 Å². The first-order valence-electron chi connectivity index (χ1n) is 10.5. The molecule has 3 N–H and O–H groups in total. The van der Waals surface area contributed by atoms with Crippen LogP contribution in [-0.4, -0.2) is 63.3 Å². The second-order valence-corrected chi connectivity index (χ2v) is 7.76. The third-order valence-electron chi connectivity index (χ3n) is 5.47. The van der Waals surface area contributed by atoms with E-state index in [1.165, 1.54) is 47.4 Å². The number of amides is 2. The van der Waals surface area contributed by atoms with Gasteiger partial charge in [-0.1, -0.05) is 12.1 Å². The Hall–Kier alpha value is -4.35. The van der Waals surface area contributed by atoms with E-state index >= 15 is 0 Å². The fourth-order valence-corrected chi connectivity index (χ4v) is 3.64. The second kappa shape index (κ2) is 9.49. The molecule has 0 unspecified atom stereocenters. The van der Waals surface area contributed by atoms with E-state index in [0.717, 1.165) is 6.07 Å². The average molecular weight is 487 g/mol. The number of nitrogens with one attached hydrogen (secondary N) is 1. The van der Waals surface area contributed by atoms with Crippen LogP contribution in [0, 0.1) is 0 Å².